The van der Waals surface area contributed by atoms with Gasteiger partial charge >= 0.3 is 0 Å². The van der Waals surface area contributed by atoms with E-state index >= 15 is 0 Å². The summed E-state index contributed by atoms with van der Waals surface area (Å²) in [5.41, 5.74) is 3.08. The van der Waals surface area contributed by atoms with E-state index in [0.717, 1.165) is 39.6 Å². The molecule has 0 saturated heterocycles. The van der Waals surface area contributed by atoms with Crippen molar-refractivity contribution in [3.05, 3.63) is 72.3 Å². The number of halogens is 1. The minimum atomic E-state index is 0. The zero-order valence-corrected chi connectivity index (χ0v) is 19.9. The summed E-state index contributed by atoms with van der Waals surface area (Å²) in [5, 5.41) is 0.752. The Morgan fingerprint density at radius 1 is 1.19 bits per heavy atom. The molecule has 2 aromatic carbocycles. The maximum Gasteiger partial charge on any atom is 0.233 e. The maximum absolute atomic E-state index is 13.3. The zero-order chi connectivity index (χ0) is 21.6. The Kier molecular flexibility index (Phi) is 8.25. The van der Waals surface area contributed by atoms with E-state index in [4.69, 9.17) is 9.72 Å². The first kappa shape index (κ1) is 23.8. The third-order valence-corrected chi connectivity index (χ3v) is 6.05. The van der Waals surface area contributed by atoms with Crippen molar-refractivity contribution >= 4 is 45.0 Å². The number of imidazole rings is 1. The summed E-state index contributed by atoms with van der Waals surface area (Å²) in [7, 11) is 0. The average Bonchev–Trinajstić information content (AvgIpc) is 3.42. The van der Waals surface area contributed by atoms with Crippen LogP contribution in [-0.4, -0.2) is 33.6 Å². The molecular formula is C24H27ClN4O2S. The first-order valence-electron chi connectivity index (χ1n) is 10.5. The van der Waals surface area contributed by atoms with Gasteiger partial charge in [-0.25, -0.2) is 9.97 Å². The summed E-state index contributed by atoms with van der Waals surface area (Å²) in [6.07, 6.45) is 6.65. The Morgan fingerprint density at radius 2 is 2.00 bits per heavy atom. The minimum absolute atomic E-state index is 0. The summed E-state index contributed by atoms with van der Waals surface area (Å²) in [6, 6.07) is 13.9. The second-order valence-corrected chi connectivity index (χ2v) is 8.43. The Hall–Kier alpha value is -2.90. The lowest BCUT2D eigenvalue weighted by atomic mass is 10.1. The number of hydrogen-bond donors (Lipinski definition) is 0. The minimum Gasteiger partial charge on any atom is -0.494 e. The number of benzene rings is 2. The Morgan fingerprint density at radius 3 is 2.72 bits per heavy atom. The van der Waals surface area contributed by atoms with Gasteiger partial charge in [0, 0.05) is 25.5 Å². The van der Waals surface area contributed by atoms with Crippen molar-refractivity contribution in [1.29, 1.82) is 0 Å². The highest BCUT2D eigenvalue weighted by atomic mass is 35.5. The Bertz CT molecular complexity index is 1140. The molecule has 2 heterocycles. The fraction of sp³-hybridized carbons (Fsp3) is 0.292. The van der Waals surface area contributed by atoms with Gasteiger partial charge in [0.25, 0.3) is 0 Å². The number of aryl methyl sites for hydroxylation is 2. The van der Waals surface area contributed by atoms with E-state index in [-0.39, 0.29) is 18.3 Å². The Balaban J connectivity index is 0.00000289. The van der Waals surface area contributed by atoms with E-state index in [1.165, 1.54) is 5.56 Å². The third-order valence-electron chi connectivity index (χ3n) is 5.01. The molecule has 0 spiro atoms. The number of fused-ring (bicyclic) bond motifs is 1. The first-order valence-corrected chi connectivity index (χ1v) is 11.3. The van der Waals surface area contributed by atoms with Gasteiger partial charge in [-0.15, -0.1) is 12.4 Å². The summed E-state index contributed by atoms with van der Waals surface area (Å²) in [6.45, 7) is 6.06. The molecule has 0 fully saturated rings. The highest BCUT2D eigenvalue weighted by molar-refractivity contribution is 7.22. The molecule has 0 aliphatic carbocycles. The molecular weight excluding hydrogens is 444 g/mol. The standard InChI is InChI=1S/C24H26N4O2S.ClH/c1-3-30-20-8-6-19(7-9-20)16-23(29)28(13-4-12-27-14-11-25-17-27)24-26-21-10-5-18(2)15-22(21)31-24;/h5-11,14-15,17H,3-4,12-13,16H2,1-2H3;1H. The predicted octanol–water partition coefficient (Wildman–Crippen LogP) is 5.29. The molecule has 2 aromatic heterocycles. The lowest BCUT2D eigenvalue weighted by Gasteiger charge is -2.20. The topological polar surface area (TPSA) is 60.2 Å². The van der Waals surface area contributed by atoms with Crippen molar-refractivity contribution in [2.45, 2.75) is 33.2 Å². The molecule has 0 N–H and O–H groups in total. The summed E-state index contributed by atoms with van der Waals surface area (Å²) >= 11 is 1.57. The number of rotatable bonds is 9. The summed E-state index contributed by atoms with van der Waals surface area (Å²) in [5.74, 6) is 0.864. The molecule has 8 heteroatoms. The number of carbonyl (C=O) groups is 1. The number of hydrogen-bond acceptors (Lipinski definition) is 5. The summed E-state index contributed by atoms with van der Waals surface area (Å²) < 4.78 is 8.63. The second-order valence-electron chi connectivity index (χ2n) is 7.42. The fourth-order valence-electron chi connectivity index (χ4n) is 3.43. The number of anilines is 1. The highest BCUT2D eigenvalue weighted by Gasteiger charge is 2.20. The third kappa shape index (κ3) is 5.87. The van der Waals surface area contributed by atoms with Crippen molar-refractivity contribution in [2.75, 3.05) is 18.1 Å². The molecule has 0 atom stereocenters. The number of thiazole rings is 1. The van der Waals surface area contributed by atoms with E-state index < -0.39 is 0 Å². The number of ether oxygens (including phenoxy) is 1. The molecule has 0 bridgehead atoms. The van der Waals surface area contributed by atoms with Crippen LogP contribution in [0.5, 0.6) is 5.75 Å². The predicted molar refractivity (Wildman–Crippen MR) is 132 cm³/mol. The van der Waals surface area contributed by atoms with Crippen LogP contribution in [0.15, 0.2) is 61.2 Å². The molecule has 0 aliphatic heterocycles. The van der Waals surface area contributed by atoms with Gasteiger partial charge in [-0.3, -0.25) is 9.69 Å². The summed E-state index contributed by atoms with van der Waals surface area (Å²) in [4.78, 5) is 24.0. The molecule has 0 saturated carbocycles. The van der Waals surface area contributed by atoms with Crippen LogP contribution in [-0.2, 0) is 17.8 Å². The highest BCUT2D eigenvalue weighted by Crippen LogP contribution is 2.30. The molecule has 4 aromatic rings. The van der Waals surface area contributed by atoms with E-state index in [1.54, 1.807) is 23.9 Å². The number of nitrogens with zero attached hydrogens (tertiary/aromatic N) is 4. The van der Waals surface area contributed by atoms with Crippen LogP contribution in [0.1, 0.15) is 24.5 Å². The van der Waals surface area contributed by atoms with Crippen LogP contribution in [0.25, 0.3) is 10.2 Å². The molecule has 168 valence electrons. The van der Waals surface area contributed by atoms with Gasteiger partial charge in [-0.05, 0) is 55.7 Å². The van der Waals surface area contributed by atoms with Gasteiger partial charge in [-0.1, -0.05) is 29.5 Å². The van der Waals surface area contributed by atoms with E-state index in [1.807, 2.05) is 52.9 Å². The zero-order valence-electron chi connectivity index (χ0n) is 18.2. The second kappa shape index (κ2) is 11.1. The van der Waals surface area contributed by atoms with Gasteiger partial charge in [0.2, 0.25) is 5.91 Å². The lowest BCUT2D eigenvalue weighted by molar-refractivity contribution is -0.118. The number of aromatic nitrogens is 3. The normalized spacial score (nSPS) is 10.7. The van der Waals surface area contributed by atoms with Gasteiger partial charge in [0.1, 0.15) is 5.75 Å². The van der Waals surface area contributed by atoms with E-state index in [9.17, 15) is 4.79 Å². The maximum atomic E-state index is 13.3. The molecule has 32 heavy (non-hydrogen) atoms. The molecule has 1 amide bonds. The van der Waals surface area contributed by atoms with Crippen LogP contribution < -0.4 is 9.64 Å². The van der Waals surface area contributed by atoms with E-state index in [2.05, 4.69) is 24.0 Å². The van der Waals surface area contributed by atoms with E-state index in [0.29, 0.717) is 19.6 Å². The van der Waals surface area contributed by atoms with Crippen LogP contribution in [0.3, 0.4) is 0 Å². The lowest BCUT2D eigenvalue weighted by Crippen LogP contribution is -2.33. The van der Waals surface area contributed by atoms with Gasteiger partial charge in [0.05, 0.1) is 29.6 Å². The van der Waals surface area contributed by atoms with Crippen molar-refractivity contribution in [3.63, 3.8) is 0 Å². The van der Waals surface area contributed by atoms with Gasteiger partial charge in [-0.2, -0.15) is 0 Å². The van der Waals surface area contributed by atoms with Crippen molar-refractivity contribution < 1.29 is 9.53 Å². The number of carbonyl (C=O) groups excluding carboxylic acids is 1. The average molecular weight is 471 g/mol. The largest absolute Gasteiger partial charge is 0.494 e. The molecule has 6 nitrogen and oxygen atoms in total. The van der Waals surface area contributed by atoms with Crippen molar-refractivity contribution in [1.82, 2.24) is 14.5 Å². The SMILES string of the molecule is CCOc1ccc(CC(=O)N(CCCn2ccnc2)c2nc3ccc(C)cc3s2)cc1.Cl. The molecule has 0 radical (unpaired) electrons. The first-order chi connectivity index (χ1) is 15.1. The van der Waals surface area contributed by atoms with Gasteiger partial charge in [0.15, 0.2) is 5.13 Å². The quantitative estimate of drug-likeness (QED) is 0.333. The fourth-order valence-corrected chi connectivity index (χ4v) is 4.54. The number of amides is 1. The smallest absolute Gasteiger partial charge is 0.233 e. The van der Waals surface area contributed by atoms with Crippen LogP contribution in [0, 0.1) is 6.92 Å². The molecule has 0 aliphatic rings. The molecule has 4 rings (SSSR count). The van der Waals surface area contributed by atoms with Crippen LogP contribution >= 0.6 is 23.7 Å². The van der Waals surface area contributed by atoms with Crippen molar-refractivity contribution in [3.8, 4) is 5.75 Å². The Labute approximate surface area is 198 Å². The van der Waals surface area contributed by atoms with Crippen LogP contribution in [0.2, 0.25) is 0 Å². The molecule has 0 unspecified atom stereocenters. The van der Waals surface area contributed by atoms with Gasteiger partial charge < -0.3 is 9.30 Å². The monoisotopic (exact) mass is 470 g/mol. The van der Waals surface area contributed by atoms with Crippen molar-refractivity contribution in [2.24, 2.45) is 0 Å². The van der Waals surface area contributed by atoms with Crippen LogP contribution in [0.4, 0.5) is 5.13 Å².